The molecule has 0 spiro atoms. The normalized spacial score (nSPS) is 10.5. The molecule has 0 aliphatic carbocycles. The number of thiazole rings is 1. The molecule has 1 amide bonds. The van der Waals surface area contributed by atoms with Crippen molar-refractivity contribution in [3.05, 3.63) is 51.2 Å². The van der Waals surface area contributed by atoms with Crippen LogP contribution in [0.1, 0.15) is 20.2 Å². The standard InChI is InChI=1S/C18H18N2O3S2/c1-11-20-16(10-24-11)17-5-4-15(25-17)9-19-18(21)12-6-13(22-2)8-14(7-12)23-3/h4-8,10H,9H2,1-3H3,(H,19,21). The van der Waals surface area contributed by atoms with Crippen LogP contribution in [0.4, 0.5) is 0 Å². The highest BCUT2D eigenvalue weighted by atomic mass is 32.1. The second kappa shape index (κ2) is 7.67. The molecule has 0 unspecified atom stereocenters. The molecular weight excluding hydrogens is 356 g/mol. The van der Waals surface area contributed by atoms with E-state index in [2.05, 4.69) is 10.3 Å². The molecule has 0 atom stereocenters. The average molecular weight is 374 g/mol. The third kappa shape index (κ3) is 4.18. The topological polar surface area (TPSA) is 60.5 Å². The summed E-state index contributed by atoms with van der Waals surface area (Å²) in [6.45, 7) is 2.46. The summed E-state index contributed by atoms with van der Waals surface area (Å²) in [6.07, 6.45) is 0. The van der Waals surface area contributed by atoms with Gasteiger partial charge in [0.1, 0.15) is 11.5 Å². The van der Waals surface area contributed by atoms with Gasteiger partial charge >= 0.3 is 0 Å². The fourth-order valence-electron chi connectivity index (χ4n) is 2.30. The van der Waals surface area contributed by atoms with Crippen molar-refractivity contribution < 1.29 is 14.3 Å². The lowest BCUT2D eigenvalue weighted by molar-refractivity contribution is 0.0950. The molecule has 0 aliphatic heterocycles. The Kier molecular flexibility index (Phi) is 5.35. The summed E-state index contributed by atoms with van der Waals surface area (Å²) in [6, 6.07) is 9.17. The molecule has 3 rings (SSSR count). The second-order valence-corrected chi connectivity index (χ2v) is 7.53. The number of hydrogen-bond acceptors (Lipinski definition) is 6. The van der Waals surface area contributed by atoms with E-state index in [0.717, 1.165) is 20.5 Å². The van der Waals surface area contributed by atoms with E-state index < -0.39 is 0 Å². The van der Waals surface area contributed by atoms with Crippen LogP contribution >= 0.6 is 22.7 Å². The summed E-state index contributed by atoms with van der Waals surface area (Å²) < 4.78 is 10.4. The number of carbonyl (C=O) groups is 1. The maximum Gasteiger partial charge on any atom is 0.251 e. The number of amides is 1. The van der Waals surface area contributed by atoms with Gasteiger partial charge in [-0.3, -0.25) is 4.79 Å². The quantitative estimate of drug-likeness (QED) is 0.705. The van der Waals surface area contributed by atoms with E-state index in [1.54, 1.807) is 55.1 Å². The van der Waals surface area contributed by atoms with Crippen LogP contribution in [0.25, 0.3) is 10.6 Å². The van der Waals surface area contributed by atoms with Crippen molar-refractivity contribution in [1.29, 1.82) is 0 Å². The molecule has 1 aromatic carbocycles. The van der Waals surface area contributed by atoms with E-state index in [-0.39, 0.29) is 5.91 Å². The number of nitrogens with one attached hydrogen (secondary N) is 1. The number of nitrogens with zero attached hydrogens (tertiary/aromatic N) is 1. The molecule has 7 heteroatoms. The lowest BCUT2D eigenvalue weighted by Gasteiger charge is -2.08. The van der Waals surface area contributed by atoms with Crippen LogP contribution < -0.4 is 14.8 Å². The first-order valence-corrected chi connectivity index (χ1v) is 9.31. The Morgan fingerprint density at radius 3 is 2.48 bits per heavy atom. The summed E-state index contributed by atoms with van der Waals surface area (Å²) in [5.74, 6) is 1.00. The summed E-state index contributed by atoms with van der Waals surface area (Å²) in [4.78, 5) is 19.1. The van der Waals surface area contributed by atoms with Gasteiger partial charge in [0.05, 0.1) is 36.3 Å². The molecule has 0 radical (unpaired) electrons. The number of carbonyl (C=O) groups excluding carboxylic acids is 1. The van der Waals surface area contributed by atoms with Crippen LogP contribution in [-0.4, -0.2) is 25.1 Å². The summed E-state index contributed by atoms with van der Waals surface area (Å²) in [7, 11) is 3.12. The van der Waals surface area contributed by atoms with Crippen molar-refractivity contribution in [2.24, 2.45) is 0 Å². The third-order valence-corrected chi connectivity index (χ3v) is 5.45. The van der Waals surface area contributed by atoms with Gasteiger partial charge in [-0.15, -0.1) is 22.7 Å². The number of aromatic nitrogens is 1. The van der Waals surface area contributed by atoms with Crippen molar-refractivity contribution in [3.63, 3.8) is 0 Å². The maximum absolute atomic E-state index is 12.4. The summed E-state index contributed by atoms with van der Waals surface area (Å²) >= 11 is 3.26. The number of ether oxygens (including phenoxy) is 2. The van der Waals surface area contributed by atoms with Gasteiger partial charge in [-0.1, -0.05) is 0 Å². The lowest BCUT2D eigenvalue weighted by Crippen LogP contribution is -2.22. The van der Waals surface area contributed by atoms with E-state index in [1.165, 1.54) is 0 Å². The fourth-order valence-corrected chi connectivity index (χ4v) is 3.89. The minimum atomic E-state index is -0.170. The van der Waals surface area contributed by atoms with E-state index in [9.17, 15) is 4.79 Å². The van der Waals surface area contributed by atoms with Gasteiger partial charge < -0.3 is 14.8 Å². The minimum Gasteiger partial charge on any atom is -0.497 e. The van der Waals surface area contributed by atoms with Crippen LogP contribution in [0.5, 0.6) is 11.5 Å². The Hall–Kier alpha value is -2.38. The SMILES string of the molecule is COc1cc(OC)cc(C(=O)NCc2ccc(-c3csc(C)n3)s2)c1. The zero-order chi connectivity index (χ0) is 17.8. The number of methoxy groups -OCH3 is 2. The maximum atomic E-state index is 12.4. The first-order valence-electron chi connectivity index (χ1n) is 7.61. The van der Waals surface area contributed by atoms with Crippen molar-refractivity contribution in [2.75, 3.05) is 14.2 Å². The third-order valence-electron chi connectivity index (χ3n) is 3.57. The molecule has 0 bridgehead atoms. The van der Waals surface area contributed by atoms with Crippen molar-refractivity contribution in [2.45, 2.75) is 13.5 Å². The Morgan fingerprint density at radius 1 is 1.16 bits per heavy atom. The van der Waals surface area contributed by atoms with Crippen molar-refractivity contribution >= 4 is 28.6 Å². The molecule has 2 aromatic heterocycles. The van der Waals surface area contributed by atoms with Gasteiger partial charge in [-0.2, -0.15) is 0 Å². The molecule has 0 aliphatic rings. The summed E-state index contributed by atoms with van der Waals surface area (Å²) in [5, 5.41) is 6.02. The van der Waals surface area contributed by atoms with E-state index in [0.29, 0.717) is 23.6 Å². The zero-order valence-electron chi connectivity index (χ0n) is 14.2. The highest BCUT2D eigenvalue weighted by molar-refractivity contribution is 7.16. The van der Waals surface area contributed by atoms with Crippen LogP contribution in [0.3, 0.4) is 0 Å². The monoisotopic (exact) mass is 374 g/mol. The lowest BCUT2D eigenvalue weighted by atomic mass is 10.2. The number of benzene rings is 1. The Bertz CT molecular complexity index is 864. The van der Waals surface area contributed by atoms with Crippen molar-refractivity contribution in [3.8, 4) is 22.1 Å². The van der Waals surface area contributed by atoms with Crippen molar-refractivity contribution in [1.82, 2.24) is 10.3 Å². The van der Waals surface area contributed by atoms with Crippen LogP contribution in [0.2, 0.25) is 0 Å². The second-order valence-electron chi connectivity index (χ2n) is 5.30. The average Bonchev–Trinajstić information content (AvgIpc) is 3.27. The molecular formula is C18H18N2O3S2. The molecule has 25 heavy (non-hydrogen) atoms. The smallest absolute Gasteiger partial charge is 0.251 e. The molecule has 0 saturated heterocycles. The molecule has 0 saturated carbocycles. The first-order chi connectivity index (χ1) is 12.1. The highest BCUT2D eigenvalue weighted by Crippen LogP contribution is 2.29. The number of aryl methyl sites for hydroxylation is 1. The van der Waals surface area contributed by atoms with Gasteiger partial charge in [0.25, 0.3) is 5.91 Å². The molecule has 5 nitrogen and oxygen atoms in total. The molecule has 130 valence electrons. The molecule has 2 heterocycles. The predicted molar refractivity (Wildman–Crippen MR) is 101 cm³/mol. The number of thiophene rings is 1. The highest BCUT2D eigenvalue weighted by Gasteiger charge is 2.11. The predicted octanol–water partition coefficient (Wildman–Crippen LogP) is 4.13. The van der Waals surface area contributed by atoms with Gasteiger partial charge in [-0.05, 0) is 31.2 Å². The molecule has 0 fully saturated rings. The molecule has 3 aromatic rings. The van der Waals surface area contributed by atoms with Gasteiger partial charge in [0.15, 0.2) is 0 Å². The largest absolute Gasteiger partial charge is 0.497 e. The van der Waals surface area contributed by atoms with Crippen LogP contribution in [-0.2, 0) is 6.54 Å². The minimum absolute atomic E-state index is 0.170. The van der Waals surface area contributed by atoms with Crippen LogP contribution in [0.15, 0.2) is 35.7 Å². The Labute approximate surface area is 154 Å². The van der Waals surface area contributed by atoms with Gasteiger partial charge in [0.2, 0.25) is 0 Å². The zero-order valence-corrected chi connectivity index (χ0v) is 15.8. The van der Waals surface area contributed by atoms with E-state index in [1.807, 2.05) is 24.4 Å². The Morgan fingerprint density at radius 2 is 1.88 bits per heavy atom. The first kappa shape index (κ1) is 17.4. The summed E-state index contributed by atoms with van der Waals surface area (Å²) in [5.41, 5.74) is 1.49. The fraction of sp³-hybridized carbons (Fsp3) is 0.222. The van der Waals surface area contributed by atoms with E-state index in [4.69, 9.17) is 9.47 Å². The number of hydrogen-bond donors (Lipinski definition) is 1. The van der Waals surface area contributed by atoms with Crippen LogP contribution in [0, 0.1) is 6.92 Å². The van der Waals surface area contributed by atoms with E-state index >= 15 is 0 Å². The molecule has 1 N–H and O–H groups in total. The Balaban J connectivity index is 1.67. The van der Waals surface area contributed by atoms with Gasteiger partial charge in [0, 0.05) is 21.9 Å². The number of rotatable bonds is 6. The van der Waals surface area contributed by atoms with Gasteiger partial charge in [-0.25, -0.2) is 4.98 Å².